The van der Waals surface area contributed by atoms with E-state index in [1.807, 2.05) is 0 Å². The fourth-order valence-electron chi connectivity index (χ4n) is 2.80. The quantitative estimate of drug-likeness (QED) is 0.464. The molecule has 0 atom stereocenters. The van der Waals surface area contributed by atoms with Crippen LogP contribution in [0.4, 0.5) is 5.82 Å². The van der Waals surface area contributed by atoms with Gasteiger partial charge in [-0.05, 0) is 24.3 Å². The SMILES string of the molecule is CC(=O)c1ccc(Cn2ncc(NC(=O)c3nc(C)oc3-c3cccc(Cl)c3)n2)o1. The van der Waals surface area contributed by atoms with Crippen LogP contribution in [0.25, 0.3) is 11.3 Å². The molecule has 0 bridgehead atoms. The van der Waals surface area contributed by atoms with Crippen molar-refractivity contribution in [3.8, 4) is 11.3 Å². The Labute approximate surface area is 175 Å². The number of oxazole rings is 1. The van der Waals surface area contributed by atoms with Gasteiger partial charge < -0.3 is 14.2 Å². The number of anilines is 1. The molecule has 3 heterocycles. The smallest absolute Gasteiger partial charge is 0.279 e. The second-order valence-corrected chi connectivity index (χ2v) is 6.89. The zero-order valence-electron chi connectivity index (χ0n) is 16.0. The molecule has 1 N–H and O–H groups in total. The van der Waals surface area contributed by atoms with Crippen molar-refractivity contribution in [1.29, 1.82) is 0 Å². The second-order valence-electron chi connectivity index (χ2n) is 6.46. The molecular formula is C20H16ClN5O4. The molecule has 1 amide bonds. The van der Waals surface area contributed by atoms with Crippen molar-refractivity contribution in [2.24, 2.45) is 0 Å². The Bertz CT molecular complexity index is 1240. The van der Waals surface area contributed by atoms with Crippen LogP contribution in [0, 0.1) is 6.92 Å². The third-order valence-corrected chi connectivity index (χ3v) is 4.36. The largest absolute Gasteiger partial charge is 0.456 e. The lowest BCUT2D eigenvalue weighted by atomic mass is 10.1. The molecule has 0 aliphatic carbocycles. The molecule has 0 saturated heterocycles. The highest BCUT2D eigenvalue weighted by Gasteiger charge is 2.21. The van der Waals surface area contributed by atoms with E-state index in [1.54, 1.807) is 43.3 Å². The molecule has 0 aliphatic rings. The molecule has 4 aromatic rings. The molecule has 30 heavy (non-hydrogen) atoms. The Balaban J connectivity index is 1.50. The predicted octanol–water partition coefficient (Wildman–Crippen LogP) is 3.99. The number of hydrogen-bond donors (Lipinski definition) is 1. The van der Waals surface area contributed by atoms with Crippen LogP contribution in [0.3, 0.4) is 0 Å². The van der Waals surface area contributed by atoms with Crippen molar-refractivity contribution >= 4 is 29.1 Å². The summed E-state index contributed by atoms with van der Waals surface area (Å²) in [7, 11) is 0. The summed E-state index contributed by atoms with van der Waals surface area (Å²) in [5.41, 5.74) is 0.748. The Morgan fingerprint density at radius 3 is 2.77 bits per heavy atom. The summed E-state index contributed by atoms with van der Waals surface area (Å²) in [6.45, 7) is 3.28. The van der Waals surface area contributed by atoms with Crippen molar-refractivity contribution in [3.05, 3.63) is 70.7 Å². The van der Waals surface area contributed by atoms with Crippen LogP contribution >= 0.6 is 11.6 Å². The highest BCUT2D eigenvalue weighted by atomic mass is 35.5. The fourth-order valence-corrected chi connectivity index (χ4v) is 2.99. The number of halogens is 1. The number of amides is 1. The first-order valence-electron chi connectivity index (χ1n) is 8.93. The van der Waals surface area contributed by atoms with E-state index in [0.29, 0.717) is 28.0 Å². The molecule has 0 fully saturated rings. The maximum Gasteiger partial charge on any atom is 0.279 e. The van der Waals surface area contributed by atoms with Gasteiger partial charge in [-0.2, -0.15) is 9.90 Å². The Kier molecular flexibility index (Phi) is 5.20. The minimum Gasteiger partial charge on any atom is -0.456 e. The molecule has 0 spiro atoms. The van der Waals surface area contributed by atoms with E-state index in [2.05, 4.69) is 20.5 Å². The average Bonchev–Trinajstić information content (AvgIpc) is 3.42. The summed E-state index contributed by atoms with van der Waals surface area (Å²) >= 11 is 6.04. The zero-order chi connectivity index (χ0) is 21.3. The number of Topliss-reactive ketones (excluding diaryl/α,β-unsaturated/α-hetero) is 1. The fraction of sp³-hybridized carbons (Fsp3) is 0.150. The average molecular weight is 426 g/mol. The van der Waals surface area contributed by atoms with Gasteiger partial charge in [0.2, 0.25) is 0 Å². The number of furan rings is 1. The lowest BCUT2D eigenvalue weighted by molar-refractivity contribution is 0.0983. The zero-order valence-corrected chi connectivity index (χ0v) is 16.8. The highest BCUT2D eigenvalue weighted by Crippen LogP contribution is 2.27. The summed E-state index contributed by atoms with van der Waals surface area (Å²) in [5, 5.41) is 11.5. The van der Waals surface area contributed by atoms with Gasteiger partial charge in [0.15, 0.2) is 34.7 Å². The third-order valence-electron chi connectivity index (χ3n) is 4.12. The normalized spacial score (nSPS) is 10.9. The van der Waals surface area contributed by atoms with Crippen LogP contribution in [0.5, 0.6) is 0 Å². The number of nitrogens with zero attached hydrogens (tertiary/aromatic N) is 4. The Morgan fingerprint density at radius 1 is 1.20 bits per heavy atom. The van der Waals surface area contributed by atoms with Crippen molar-refractivity contribution in [3.63, 3.8) is 0 Å². The maximum atomic E-state index is 12.8. The Morgan fingerprint density at radius 2 is 2.03 bits per heavy atom. The standard InChI is InChI=1S/C20H16ClN5O4/c1-11(27)16-7-6-15(30-16)10-26-22-9-17(25-26)24-20(28)18-19(29-12(2)23-18)13-4-3-5-14(21)8-13/h3-9H,10H2,1-2H3,(H,24,25,28). The number of nitrogens with one attached hydrogen (secondary N) is 1. The molecule has 10 heteroatoms. The molecule has 3 aromatic heterocycles. The molecule has 1 aromatic carbocycles. The van der Waals surface area contributed by atoms with E-state index in [0.717, 1.165) is 0 Å². The highest BCUT2D eigenvalue weighted by molar-refractivity contribution is 6.30. The first kappa shape index (κ1) is 19.6. The van der Waals surface area contributed by atoms with Gasteiger partial charge in [-0.3, -0.25) is 9.59 Å². The second kappa shape index (κ2) is 7.96. The van der Waals surface area contributed by atoms with Crippen molar-refractivity contribution in [1.82, 2.24) is 20.0 Å². The molecule has 0 unspecified atom stereocenters. The topological polar surface area (TPSA) is 116 Å². The first-order chi connectivity index (χ1) is 14.4. The van der Waals surface area contributed by atoms with Crippen LogP contribution in [0.2, 0.25) is 5.02 Å². The van der Waals surface area contributed by atoms with E-state index in [4.69, 9.17) is 20.4 Å². The molecule has 152 valence electrons. The van der Waals surface area contributed by atoms with E-state index in [9.17, 15) is 9.59 Å². The van der Waals surface area contributed by atoms with Gasteiger partial charge in [0.05, 0.1) is 6.20 Å². The molecular weight excluding hydrogens is 410 g/mol. The van der Waals surface area contributed by atoms with Gasteiger partial charge in [0.25, 0.3) is 5.91 Å². The van der Waals surface area contributed by atoms with Crippen LogP contribution in [0.1, 0.15) is 39.6 Å². The number of aromatic nitrogens is 4. The predicted molar refractivity (Wildman–Crippen MR) is 107 cm³/mol. The molecule has 0 aliphatic heterocycles. The van der Waals surface area contributed by atoms with Crippen LogP contribution < -0.4 is 5.32 Å². The molecule has 4 rings (SSSR count). The van der Waals surface area contributed by atoms with E-state index in [-0.39, 0.29) is 29.6 Å². The summed E-state index contributed by atoms with van der Waals surface area (Å²) in [5.74, 6) is 1.01. The van der Waals surface area contributed by atoms with Crippen LogP contribution in [-0.4, -0.2) is 31.7 Å². The van der Waals surface area contributed by atoms with Crippen LogP contribution in [0.15, 0.2) is 51.4 Å². The minimum absolute atomic E-state index is 0.112. The number of hydrogen-bond acceptors (Lipinski definition) is 7. The number of carbonyl (C=O) groups excluding carboxylic acids is 2. The van der Waals surface area contributed by atoms with Gasteiger partial charge in [-0.1, -0.05) is 23.7 Å². The maximum absolute atomic E-state index is 12.8. The Hall–Kier alpha value is -3.72. The molecule has 0 radical (unpaired) electrons. The van der Waals surface area contributed by atoms with E-state index < -0.39 is 5.91 Å². The van der Waals surface area contributed by atoms with E-state index in [1.165, 1.54) is 17.9 Å². The number of aryl methyl sites for hydroxylation is 1. The third kappa shape index (κ3) is 4.15. The van der Waals surface area contributed by atoms with Crippen molar-refractivity contribution in [2.75, 3.05) is 5.32 Å². The number of benzene rings is 1. The summed E-state index contributed by atoms with van der Waals surface area (Å²) < 4.78 is 11.0. The van der Waals surface area contributed by atoms with Crippen LogP contribution in [-0.2, 0) is 6.54 Å². The molecule has 0 saturated carbocycles. The van der Waals surface area contributed by atoms with Crippen molar-refractivity contribution in [2.45, 2.75) is 20.4 Å². The lowest BCUT2D eigenvalue weighted by Gasteiger charge is -2.02. The number of ketones is 1. The summed E-state index contributed by atoms with van der Waals surface area (Å²) in [6, 6.07) is 10.2. The lowest BCUT2D eigenvalue weighted by Crippen LogP contribution is -2.14. The minimum atomic E-state index is -0.495. The molecule has 9 nitrogen and oxygen atoms in total. The van der Waals surface area contributed by atoms with Gasteiger partial charge in [-0.25, -0.2) is 4.98 Å². The number of rotatable bonds is 6. The number of carbonyl (C=O) groups is 2. The van der Waals surface area contributed by atoms with Gasteiger partial charge in [-0.15, -0.1) is 5.10 Å². The van der Waals surface area contributed by atoms with Crippen molar-refractivity contribution < 1.29 is 18.4 Å². The summed E-state index contributed by atoms with van der Waals surface area (Å²) in [4.78, 5) is 29.6. The van der Waals surface area contributed by atoms with Gasteiger partial charge in [0, 0.05) is 24.4 Å². The van der Waals surface area contributed by atoms with E-state index >= 15 is 0 Å². The van der Waals surface area contributed by atoms with Gasteiger partial charge in [0.1, 0.15) is 12.3 Å². The van der Waals surface area contributed by atoms with Gasteiger partial charge >= 0.3 is 0 Å². The monoisotopic (exact) mass is 425 g/mol. The first-order valence-corrected chi connectivity index (χ1v) is 9.31. The summed E-state index contributed by atoms with van der Waals surface area (Å²) in [6.07, 6.45) is 1.40.